The molecule has 4 rings (SSSR count). The molecule has 2 aromatic heterocycles. The first-order valence-electron chi connectivity index (χ1n) is 8.04. The lowest BCUT2D eigenvalue weighted by Crippen LogP contribution is -2.27. The molecule has 0 amide bonds. The van der Waals surface area contributed by atoms with Crippen LogP contribution in [0.3, 0.4) is 0 Å². The van der Waals surface area contributed by atoms with Crippen molar-refractivity contribution in [3.05, 3.63) is 34.6 Å². The number of aryl methyl sites for hydroxylation is 2. The molecule has 0 unspecified atom stereocenters. The van der Waals surface area contributed by atoms with E-state index < -0.39 is 0 Å². The maximum absolute atomic E-state index is 12.5. The number of azo groups is 1. The van der Waals surface area contributed by atoms with Gasteiger partial charge in [0.25, 0.3) is 5.56 Å². The standard InChI is InChI=1S/C16H19N7O/c1-20-11-7-3-4-8-12(11)21(2)16(20)19-18-13-14(17)22-9-5-6-10-23(22)15(13)24/h3-4,7-8,17H,5-6,9-10H2,1-2H3/p+1. The van der Waals surface area contributed by atoms with Gasteiger partial charge in [-0.05, 0) is 25.0 Å². The van der Waals surface area contributed by atoms with Crippen LogP contribution in [0.15, 0.2) is 39.3 Å². The number of rotatable bonds is 2. The van der Waals surface area contributed by atoms with Gasteiger partial charge in [0.2, 0.25) is 5.69 Å². The van der Waals surface area contributed by atoms with Gasteiger partial charge in [0.15, 0.2) is 5.82 Å². The van der Waals surface area contributed by atoms with Gasteiger partial charge in [-0.3, -0.25) is 9.48 Å². The molecule has 1 aromatic carbocycles. The van der Waals surface area contributed by atoms with Crippen molar-refractivity contribution in [2.24, 2.45) is 24.3 Å². The highest BCUT2D eigenvalue weighted by molar-refractivity contribution is 5.73. The molecule has 0 bridgehead atoms. The zero-order chi connectivity index (χ0) is 16.8. The molecule has 0 fully saturated rings. The van der Waals surface area contributed by atoms with Crippen LogP contribution in [0.4, 0.5) is 17.5 Å². The molecule has 3 heterocycles. The SMILES string of the molecule is Cn1c(N=Nc2c(N)n3n(c2=O)CCCC3)[n+](C)c2ccccc21. The van der Waals surface area contributed by atoms with E-state index in [1.165, 1.54) is 0 Å². The zero-order valence-corrected chi connectivity index (χ0v) is 13.8. The van der Waals surface area contributed by atoms with Gasteiger partial charge >= 0.3 is 5.95 Å². The summed E-state index contributed by atoms with van der Waals surface area (Å²) in [6, 6.07) is 8.01. The first kappa shape index (κ1) is 14.7. The molecule has 0 atom stereocenters. The summed E-state index contributed by atoms with van der Waals surface area (Å²) in [6.07, 6.45) is 2.01. The lowest BCUT2D eigenvalue weighted by atomic mass is 10.3. The van der Waals surface area contributed by atoms with Gasteiger partial charge in [-0.25, -0.2) is 13.8 Å². The zero-order valence-electron chi connectivity index (χ0n) is 13.8. The van der Waals surface area contributed by atoms with E-state index >= 15 is 0 Å². The number of imidazole rings is 1. The fourth-order valence-electron chi connectivity index (χ4n) is 3.38. The summed E-state index contributed by atoms with van der Waals surface area (Å²) in [5, 5.41) is 8.52. The van der Waals surface area contributed by atoms with Crippen molar-refractivity contribution < 1.29 is 4.57 Å². The number of fused-ring (bicyclic) bond motifs is 2. The van der Waals surface area contributed by atoms with Crippen LogP contribution in [0.1, 0.15) is 12.8 Å². The molecule has 0 radical (unpaired) electrons. The topological polar surface area (TPSA) is 86.5 Å². The van der Waals surface area contributed by atoms with Crippen molar-refractivity contribution in [2.45, 2.75) is 25.9 Å². The Kier molecular flexibility index (Phi) is 3.26. The van der Waals surface area contributed by atoms with Gasteiger partial charge in [-0.2, -0.15) is 0 Å². The molecule has 124 valence electrons. The highest BCUT2D eigenvalue weighted by Gasteiger charge is 2.23. The third kappa shape index (κ3) is 1.99. The van der Waals surface area contributed by atoms with E-state index in [0.717, 1.165) is 30.4 Å². The monoisotopic (exact) mass is 326 g/mol. The molecule has 2 N–H and O–H groups in total. The predicted octanol–water partition coefficient (Wildman–Crippen LogP) is 1.76. The third-order valence-electron chi connectivity index (χ3n) is 4.68. The van der Waals surface area contributed by atoms with Crippen molar-refractivity contribution >= 4 is 28.5 Å². The summed E-state index contributed by atoms with van der Waals surface area (Å²) >= 11 is 0. The maximum atomic E-state index is 12.5. The van der Waals surface area contributed by atoms with E-state index in [-0.39, 0.29) is 11.2 Å². The van der Waals surface area contributed by atoms with Crippen molar-refractivity contribution in [3.8, 4) is 0 Å². The molecule has 8 nitrogen and oxygen atoms in total. The minimum absolute atomic E-state index is 0.169. The Morgan fingerprint density at radius 2 is 1.83 bits per heavy atom. The smallest absolute Gasteiger partial charge is 0.382 e. The van der Waals surface area contributed by atoms with Crippen molar-refractivity contribution in [1.29, 1.82) is 0 Å². The Labute approximate surface area is 138 Å². The Balaban J connectivity index is 1.82. The summed E-state index contributed by atoms with van der Waals surface area (Å²) in [5.74, 6) is 1.05. The third-order valence-corrected chi connectivity index (χ3v) is 4.68. The molecule has 3 aromatic rings. The van der Waals surface area contributed by atoms with E-state index in [0.29, 0.717) is 18.3 Å². The molecular formula is C16H20N7O+. The Morgan fingerprint density at radius 1 is 1.12 bits per heavy atom. The first-order valence-corrected chi connectivity index (χ1v) is 8.04. The molecular weight excluding hydrogens is 306 g/mol. The van der Waals surface area contributed by atoms with E-state index in [4.69, 9.17) is 5.73 Å². The van der Waals surface area contributed by atoms with Crippen LogP contribution in [0, 0.1) is 0 Å². The number of anilines is 1. The van der Waals surface area contributed by atoms with Gasteiger partial charge in [0.05, 0.1) is 14.1 Å². The number of benzene rings is 1. The highest BCUT2D eigenvalue weighted by atomic mass is 16.1. The largest absolute Gasteiger partial charge is 0.422 e. The number of nitrogens with two attached hydrogens (primary N) is 1. The van der Waals surface area contributed by atoms with E-state index in [1.807, 2.05) is 52.2 Å². The summed E-state index contributed by atoms with van der Waals surface area (Å²) in [4.78, 5) is 12.5. The molecule has 0 aliphatic carbocycles. The van der Waals surface area contributed by atoms with Gasteiger partial charge in [0, 0.05) is 18.2 Å². The van der Waals surface area contributed by atoms with Gasteiger partial charge < -0.3 is 5.73 Å². The van der Waals surface area contributed by atoms with Crippen LogP contribution in [-0.4, -0.2) is 13.9 Å². The quantitative estimate of drug-likeness (QED) is 0.574. The Bertz CT molecular complexity index is 982. The molecule has 1 aliphatic heterocycles. The average Bonchev–Trinajstić information content (AvgIpc) is 3.00. The molecule has 0 spiro atoms. The summed E-state index contributed by atoms with van der Waals surface area (Å²) in [6.45, 7) is 1.43. The number of hydrogen-bond donors (Lipinski definition) is 1. The summed E-state index contributed by atoms with van der Waals surface area (Å²) < 4.78 is 7.36. The van der Waals surface area contributed by atoms with Crippen molar-refractivity contribution in [3.63, 3.8) is 0 Å². The average molecular weight is 326 g/mol. The minimum Gasteiger partial charge on any atom is -0.382 e. The second-order valence-corrected chi connectivity index (χ2v) is 6.10. The molecule has 24 heavy (non-hydrogen) atoms. The lowest BCUT2D eigenvalue weighted by Gasteiger charge is -2.17. The number of nitrogens with zero attached hydrogens (tertiary/aromatic N) is 6. The summed E-state index contributed by atoms with van der Waals surface area (Å²) in [5.41, 5.74) is 8.27. The van der Waals surface area contributed by atoms with E-state index in [1.54, 1.807) is 4.68 Å². The normalized spacial score (nSPS) is 14.6. The van der Waals surface area contributed by atoms with Crippen molar-refractivity contribution in [1.82, 2.24) is 13.9 Å². The van der Waals surface area contributed by atoms with Crippen LogP contribution < -0.4 is 15.9 Å². The van der Waals surface area contributed by atoms with Gasteiger partial charge in [-0.15, -0.1) is 0 Å². The highest BCUT2D eigenvalue weighted by Crippen LogP contribution is 2.24. The lowest BCUT2D eigenvalue weighted by molar-refractivity contribution is -0.632. The van der Waals surface area contributed by atoms with Crippen LogP contribution in [0.2, 0.25) is 0 Å². The second-order valence-electron chi connectivity index (χ2n) is 6.10. The maximum Gasteiger partial charge on any atom is 0.422 e. The predicted molar refractivity (Wildman–Crippen MR) is 90.6 cm³/mol. The second kappa shape index (κ2) is 5.33. The van der Waals surface area contributed by atoms with Crippen LogP contribution >= 0.6 is 0 Å². The van der Waals surface area contributed by atoms with Gasteiger partial charge in [-0.1, -0.05) is 17.2 Å². The first-order chi connectivity index (χ1) is 11.6. The Morgan fingerprint density at radius 3 is 2.54 bits per heavy atom. The molecule has 0 saturated carbocycles. The number of aromatic nitrogens is 4. The van der Waals surface area contributed by atoms with Crippen LogP contribution in [0.5, 0.6) is 0 Å². The molecule has 8 heteroatoms. The van der Waals surface area contributed by atoms with E-state index in [9.17, 15) is 4.79 Å². The van der Waals surface area contributed by atoms with Crippen LogP contribution in [0.25, 0.3) is 11.0 Å². The molecule has 1 aliphatic rings. The number of hydrogen-bond acceptors (Lipinski definition) is 4. The van der Waals surface area contributed by atoms with Gasteiger partial charge in [0.1, 0.15) is 11.0 Å². The van der Waals surface area contributed by atoms with E-state index in [2.05, 4.69) is 10.2 Å². The Hall–Kier alpha value is -2.90. The molecule has 0 saturated heterocycles. The van der Waals surface area contributed by atoms with Crippen LogP contribution in [-0.2, 0) is 27.2 Å². The van der Waals surface area contributed by atoms with Crippen molar-refractivity contribution in [2.75, 3.05) is 5.73 Å². The number of nitrogen functional groups attached to an aromatic ring is 1. The fraction of sp³-hybridized carbons (Fsp3) is 0.375. The number of para-hydroxylation sites is 2. The minimum atomic E-state index is -0.169. The summed E-state index contributed by atoms with van der Waals surface area (Å²) in [7, 11) is 3.86. The fourth-order valence-corrected chi connectivity index (χ4v) is 3.38.